The number of hydrogen-bond acceptors (Lipinski definition) is 3. The summed E-state index contributed by atoms with van der Waals surface area (Å²) in [6.07, 6.45) is 9.55. The zero-order valence-electron chi connectivity index (χ0n) is 14.7. The molecule has 1 atom stereocenters. The molecule has 1 unspecified atom stereocenters. The molecule has 1 aromatic rings. The van der Waals surface area contributed by atoms with Crippen molar-refractivity contribution in [3.05, 3.63) is 29.8 Å². The number of carbonyl (C=O) groups excluding carboxylic acids is 1. The Morgan fingerprint density at radius 1 is 1.12 bits per heavy atom. The highest BCUT2D eigenvalue weighted by Gasteiger charge is 2.25. The van der Waals surface area contributed by atoms with E-state index < -0.39 is 0 Å². The minimum atomic E-state index is 0.0739. The van der Waals surface area contributed by atoms with Crippen LogP contribution in [-0.2, 0) is 4.74 Å². The Morgan fingerprint density at radius 3 is 2.58 bits per heavy atom. The van der Waals surface area contributed by atoms with Gasteiger partial charge in [-0.3, -0.25) is 4.79 Å². The molecule has 1 saturated heterocycles. The molecule has 1 amide bonds. The minimum absolute atomic E-state index is 0.0739. The van der Waals surface area contributed by atoms with Gasteiger partial charge in [-0.2, -0.15) is 0 Å². The Hall–Kier alpha value is -1.55. The molecule has 0 radical (unpaired) electrons. The van der Waals surface area contributed by atoms with Crippen molar-refractivity contribution >= 4 is 5.91 Å². The molecule has 2 aliphatic rings. The van der Waals surface area contributed by atoms with Gasteiger partial charge in [0.05, 0.1) is 11.7 Å². The maximum Gasteiger partial charge on any atom is 0.257 e. The lowest BCUT2D eigenvalue weighted by molar-refractivity contribution is 0.0640. The third-order valence-corrected chi connectivity index (χ3v) is 5.26. The van der Waals surface area contributed by atoms with Crippen LogP contribution in [0.4, 0.5) is 0 Å². The molecule has 1 saturated carbocycles. The maximum atomic E-state index is 13.0. The van der Waals surface area contributed by atoms with Gasteiger partial charge in [0.15, 0.2) is 0 Å². The van der Waals surface area contributed by atoms with Crippen LogP contribution < -0.4 is 4.74 Å². The SMILES string of the molecule is CN(C(=O)c1ccccc1OCC1CCCO1)C1CCCCCC1. The Balaban J connectivity index is 1.66. The molecule has 132 valence electrons. The van der Waals surface area contributed by atoms with E-state index in [1.807, 2.05) is 36.2 Å². The molecule has 4 heteroatoms. The summed E-state index contributed by atoms with van der Waals surface area (Å²) in [5.41, 5.74) is 0.669. The number of carbonyl (C=O) groups is 1. The Bertz CT molecular complexity index is 531. The van der Waals surface area contributed by atoms with Gasteiger partial charge < -0.3 is 14.4 Å². The van der Waals surface area contributed by atoms with E-state index in [2.05, 4.69) is 0 Å². The largest absolute Gasteiger partial charge is 0.490 e. The third kappa shape index (κ3) is 4.29. The first-order valence-electron chi connectivity index (χ1n) is 9.36. The van der Waals surface area contributed by atoms with Gasteiger partial charge >= 0.3 is 0 Å². The third-order valence-electron chi connectivity index (χ3n) is 5.26. The molecule has 0 bridgehead atoms. The molecule has 1 aliphatic carbocycles. The highest BCUT2D eigenvalue weighted by molar-refractivity contribution is 5.97. The molecule has 1 aliphatic heterocycles. The van der Waals surface area contributed by atoms with Gasteiger partial charge in [-0.1, -0.05) is 37.8 Å². The van der Waals surface area contributed by atoms with Gasteiger partial charge in [0, 0.05) is 19.7 Å². The van der Waals surface area contributed by atoms with E-state index in [1.165, 1.54) is 25.7 Å². The van der Waals surface area contributed by atoms with Crippen LogP contribution in [0.2, 0.25) is 0 Å². The zero-order valence-corrected chi connectivity index (χ0v) is 14.7. The highest BCUT2D eigenvalue weighted by atomic mass is 16.5. The summed E-state index contributed by atoms with van der Waals surface area (Å²) in [4.78, 5) is 14.9. The summed E-state index contributed by atoms with van der Waals surface area (Å²) in [5, 5.41) is 0. The molecule has 1 heterocycles. The second-order valence-corrected chi connectivity index (χ2v) is 7.00. The van der Waals surface area contributed by atoms with Gasteiger partial charge in [0.25, 0.3) is 5.91 Å². The second-order valence-electron chi connectivity index (χ2n) is 7.00. The van der Waals surface area contributed by atoms with Crippen molar-refractivity contribution in [1.82, 2.24) is 4.90 Å². The molecule has 0 spiro atoms. The van der Waals surface area contributed by atoms with Crippen molar-refractivity contribution in [2.24, 2.45) is 0 Å². The van der Waals surface area contributed by atoms with Gasteiger partial charge in [-0.15, -0.1) is 0 Å². The highest BCUT2D eigenvalue weighted by Crippen LogP contribution is 2.26. The van der Waals surface area contributed by atoms with Crippen molar-refractivity contribution < 1.29 is 14.3 Å². The topological polar surface area (TPSA) is 38.8 Å². The summed E-state index contributed by atoms with van der Waals surface area (Å²) in [6, 6.07) is 7.95. The van der Waals surface area contributed by atoms with Crippen LogP contribution in [0.3, 0.4) is 0 Å². The first-order valence-corrected chi connectivity index (χ1v) is 9.36. The molecule has 4 nitrogen and oxygen atoms in total. The fraction of sp³-hybridized carbons (Fsp3) is 0.650. The molecule has 0 N–H and O–H groups in total. The summed E-state index contributed by atoms with van der Waals surface area (Å²) in [7, 11) is 1.94. The number of para-hydroxylation sites is 1. The summed E-state index contributed by atoms with van der Waals surface area (Å²) >= 11 is 0. The van der Waals surface area contributed by atoms with Gasteiger partial charge in [0.2, 0.25) is 0 Å². The van der Waals surface area contributed by atoms with Gasteiger partial charge in [-0.25, -0.2) is 0 Å². The summed E-state index contributed by atoms with van der Waals surface area (Å²) in [6.45, 7) is 1.34. The predicted octanol–water partition coefficient (Wildman–Crippen LogP) is 4.04. The lowest BCUT2D eigenvalue weighted by Crippen LogP contribution is -2.37. The summed E-state index contributed by atoms with van der Waals surface area (Å²) < 4.78 is 11.5. The number of amides is 1. The van der Waals surface area contributed by atoms with E-state index in [1.54, 1.807) is 0 Å². The number of benzene rings is 1. The van der Waals surface area contributed by atoms with Crippen LogP contribution in [0.25, 0.3) is 0 Å². The Labute approximate surface area is 145 Å². The quantitative estimate of drug-likeness (QED) is 0.764. The van der Waals surface area contributed by atoms with E-state index in [4.69, 9.17) is 9.47 Å². The molecule has 3 rings (SSSR count). The van der Waals surface area contributed by atoms with Crippen LogP contribution in [0.5, 0.6) is 5.75 Å². The van der Waals surface area contributed by atoms with Crippen molar-refractivity contribution in [1.29, 1.82) is 0 Å². The smallest absolute Gasteiger partial charge is 0.257 e. The number of nitrogens with zero attached hydrogens (tertiary/aromatic N) is 1. The van der Waals surface area contributed by atoms with Gasteiger partial charge in [-0.05, 0) is 37.8 Å². The Morgan fingerprint density at radius 2 is 1.88 bits per heavy atom. The molecule has 24 heavy (non-hydrogen) atoms. The zero-order chi connectivity index (χ0) is 16.8. The van der Waals surface area contributed by atoms with E-state index in [9.17, 15) is 4.79 Å². The van der Waals surface area contributed by atoms with Gasteiger partial charge in [0.1, 0.15) is 12.4 Å². The average Bonchev–Trinajstić information content (AvgIpc) is 2.99. The van der Waals surface area contributed by atoms with Crippen LogP contribution in [0, 0.1) is 0 Å². The molecule has 1 aromatic carbocycles. The van der Waals surface area contributed by atoms with E-state index in [-0.39, 0.29) is 12.0 Å². The molecule has 0 aromatic heterocycles. The Kier molecular flexibility index (Phi) is 6.13. The van der Waals surface area contributed by atoms with Crippen LogP contribution in [-0.4, -0.2) is 43.2 Å². The van der Waals surface area contributed by atoms with E-state index >= 15 is 0 Å². The van der Waals surface area contributed by atoms with Crippen molar-refractivity contribution in [3.8, 4) is 5.75 Å². The monoisotopic (exact) mass is 331 g/mol. The average molecular weight is 331 g/mol. The second kappa shape index (κ2) is 8.52. The lowest BCUT2D eigenvalue weighted by Gasteiger charge is -2.28. The van der Waals surface area contributed by atoms with Crippen molar-refractivity contribution in [3.63, 3.8) is 0 Å². The van der Waals surface area contributed by atoms with Crippen molar-refractivity contribution in [2.75, 3.05) is 20.3 Å². The molecular weight excluding hydrogens is 302 g/mol. The minimum Gasteiger partial charge on any atom is -0.490 e. The normalized spacial score (nSPS) is 22.1. The van der Waals surface area contributed by atoms with Crippen molar-refractivity contribution in [2.45, 2.75) is 63.5 Å². The number of ether oxygens (including phenoxy) is 2. The lowest BCUT2D eigenvalue weighted by atomic mass is 10.1. The standard InChI is InChI=1S/C20H29NO3/c1-21(16-9-4-2-3-5-10-16)20(22)18-12-6-7-13-19(18)24-15-17-11-8-14-23-17/h6-7,12-13,16-17H,2-5,8-11,14-15H2,1H3. The number of rotatable bonds is 5. The first kappa shape index (κ1) is 17.3. The van der Waals surface area contributed by atoms with Crippen LogP contribution in [0.15, 0.2) is 24.3 Å². The summed E-state index contributed by atoms with van der Waals surface area (Å²) in [5.74, 6) is 0.753. The first-order chi connectivity index (χ1) is 11.8. The fourth-order valence-electron chi connectivity index (χ4n) is 3.73. The maximum absolute atomic E-state index is 13.0. The van der Waals surface area contributed by atoms with E-state index in [0.717, 1.165) is 32.3 Å². The van der Waals surface area contributed by atoms with Crippen LogP contribution in [0.1, 0.15) is 61.7 Å². The predicted molar refractivity (Wildman–Crippen MR) is 94.5 cm³/mol. The molecule has 2 fully saturated rings. The van der Waals surface area contributed by atoms with Crippen LogP contribution >= 0.6 is 0 Å². The fourth-order valence-corrected chi connectivity index (χ4v) is 3.73. The number of hydrogen-bond donors (Lipinski definition) is 0. The molecular formula is C20H29NO3. The van der Waals surface area contributed by atoms with E-state index in [0.29, 0.717) is 24.0 Å².